The number of nitrogens with zero attached hydrogens (tertiary/aromatic N) is 2. The number of hydrogen-bond acceptors (Lipinski definition) is 6. The van der Waals surface area contributed by atoms with Gasteiger partial charge in [0.1, 0.15) is 16.4 Å². The number of barbiturate groups is 1. The van der Waals surface area contributed by atoms with E-state index < -0.39 is 17.8 Å². The smallest absolute Gasteiger partial charge is 0.335 e. The van der Waals surface area contributed by atoms with Gasteiger partial charge in [-0.3, -0.25) is 14.9 Å². The Morgan fingerprint density at radius 1 is 0.964 bits per heavy atom. The van der Waals surface area contributed by atoms with Crippen LogP contribution in [0.3, 0.4) is 0 Å². The Hall–Kier alpha value is -3.65. The van der Waals surface area contributed by atoms with Crippen molar-refractivity contribution in [1.29, 1.82) is 0 Å². The van der Waals surface area contributed by atoms with E-state index in [0.717, 1.165) is 9.93 Å². The van der Waals surface area contributed by atoms with Crippen molar-refractivity contribution >= 4 is 41.4 Å². The molecule has 0 spiro atoms. The summed E-state index contributed by atoms with van der Waals surface area (Å²) in [5, 5.41) is 3.49. The highest BCUT2D eigenvalue weighted by Crippen LogP contribution is 2.29. The Bertz CT molecular complexity index is 1080. The monoisotopic (exact) mass is 391 g/mol. The van der Waals surface area contributed by atoms with Gasteiger partial charge in [0.2, 0.25) is 0 Å². The maximum absolute atomic E-state index is 12.8. The van der Waals surface area contributed by atoms with Gasteiger partial charge in [-0.25, -0.2) is 14.7 Å². The molecule has 4 amide bonds. The van der Waals surface area contributed by atoms with Crippen molar-refractivity contribution in [1.82, 2.24) is 10.3 Å². The van der Waals surface area contributed by atoms with Crippen LogP contribution in [0.4, 0.5) is 10.5 Å². The zero-order valence-electron chi connectivity index (χ0n) is 14.4. The molecule has 7 nitrogen and oxygen atoms in total. The third-order valence-corrected chi connectivity index (χ3v) is 4.72. The van der Waals surface area contributed by atoms with E-state index in [4.69, 9.17) is 4.42 Å². The molecule has 1 fully saturated rings. The molecule has 138 valence electrons. The molecule has 1 aliphatic heterocycles. The number of pyridine rings is 1. The number of benzene rings is 1. The van der Waals surface area contributed by atoms with Crippen LogP contribution in [0.1, 0.15) is 5.76 Å². The number of furan rings is 1. The average molecular weight is 391 g/mol. The molecule has 8 heteroatoms. The second kappa shape index (κ2) is 7.53. The zero-order valence-corrected chi connectivity index (χ0v) is 15.2. The largest absolute Gasteiger partial charge is 0.450 e. The SMILES string of the molecule is O=C1NC(=O)N(c2ccccc2)C(=O)/C1=C/c1ccc(Sc2ccccn2)o1. The molecule has 1 N–H and O–H groups in total. The summed E-state index contributed by atoms with van der Waals surface area (Å²) in [6.07, 6.45) is 3.00. The van der Waals surface area contributed by atoms with E-state index in [1.165, 1.54) is 17.8 Å². The molecule has 1 saturated heterocycles. The van der Waals surface area contributed by atoms with Gasteiger partial charge >= 0.3 is 6.03 Å². The van der Waals surface area contributed by atoms with E-state index in [0.29, 0.717) is 16.5 Å². The molecule has 1 aromatic carbocycles. The molecule has 0 radical (unpaired) electrons. The first-order valence-corrected chi connectivity index (χ1v) is 9.09. The lowest BCUT2D eigenvalue weighted by Gasteiger charge is -2.26. The quantitative estimate of drug-likeness (QED) is 0.541. The van der Waals surface area contributed by atoms with Crippen molar-refractivity contribution in [2.24, 2.45) is 0 Å². The number of carbonyl (C=O) groups excluding carboxylic acids is 3. The summed E-state index contributed by atoms with van der Waals surface area (Å²) < 4.78 is 5.67. The van der Waals surface area contributed by atoms with Crippen molar-refractivity contribution in [2.45, 2.75) is 10.1 Å². The van der Waals surface area contributed by atoms with Crippen molar-refractivity contribution < 1.29 is 18.8 Å². The number of imide groups is 2. The Kier molecular flexibility index (Phi) is 4.77. The number of amides is 4. The highest BCUT2D eigenvalue weighted by molar-refractivity contribution is 7.99. The summed E-state index contributed by atoms with van der Waals surface area (Å²) in [4.78, 5) is 42.2. The van der Waals surface area contributed by atoms with Crippen molar-refractivity contribution in [3.63, 3.8) is 0 Å². The molecule has 4 rings (SSSR count). The van der Waals surface area contributed by atoms with Gasteiger partial charge in [0, 0.05) is 6.20 Å². The number of nitrogens with one attached hydrogen (secondary N) is 1. The van der Waals surface area contributed by atoms with Gasteiger partial charge in [-0.15, -0.1) is 0 Å². The first-order chi connectivity index (χ1) is 13.6. The summed E-state index contributed by atoms with van der Waals surface area (Å²) in [6, 6.07) is 16.5. The minimum Gasteiger partial charge on any atom is -0.450 e. The summed E-state index contributed by atoms with van der Waals surface area (Å²) in [7, 11) is 0. The van der Waals surface area contributed by atoms with Crippen LogP contribution in [-0.4, -0.2) is 22.8 Å². The summed E-state index contributed by atoms with van der Waals surface area (Å²) >= 11 is 1.31. The van der Waals surface area contributed by atoms with Crippen LogP contribution < -0.4 is 10.2 Å². The van der Waals surface area contributed by atoms with Crippen LogP contribution in [0, 0.1) is 0 Å². The Morgan fingerprint density at radius 3 is 2.50 bits per heavy atom. The minimum absolute atomic E-state index is 0.188. The van der Waals surface area contributed by atoms with E-state index in [1.54, 1.807) is 48.7 Å². The second-order valence-electron chi connectivity index (χ2n) is 5.72. The standard InChI is InChI=1S/C20H13N3O4S/c24-18-15(19(25)23(20(26)22-18)13-6-2-1-3-7-13)12-14-9-10-17(27-14)28-16-8-4-5-11-21-16/h1-12H,(H,22,24,26)/b15-12+. The van der Waals surface area contributed by atoms with E-state index in [9.17, 15) is 14.4 Å². The summed E-state index contributed by atoms with van der Waals surface area (Å²) in [5.41, 5.74) is 0.182. The number of carbonyl (C=O) groups is 3. The van der Waals surface area contributed by atoms with Crippen LogP contribution >= 0.6 is 11.8 Å². The second-order valence-corrected chi connectivity index (χ2v) is 6.75. The predicted molar refractivity (Wildman–Crippen MR) is 103 cm³/mol. The number of hydrogen-bond donors (Lipinski definition) is 1. The fourth-order valence-corrected chi connectivity index (χ4v) is 3.33. The number of anilines is 1. The van der Waals surface area contributed by atoms with Crippen molar-refractivity contribution in [3.8, 4) is 0 Å². The molecule has 0 saturated carbocycles. The number of para-hydroxylation sites is 1. The average Bonchev–Trinajstić information content (AvgIpc) is 3.14. The molecular formula is C20H13N3O4S. The van der Waals surface area contributed by atoms with Crippen molar-refractivity contribution in [3.05, 3.63) is 78.2 Å². The highest BCUT2D eigenvalue weighted by Gasteiger charge is 2.36. The molecule has 0 unspecified atom stereocenters. The number of urea groups is 1. The van der Waals surface area contributed by atoms with Gasteiger partial charge in [-0.1, -0.05) is 24.3 Å². The van der Waals surface area contributed by atoms with Gasteiger partial charge in [-0.2, -0.15) is 0 Å². The molecule has 0 aliphatic carbocycles. The van der Waals surface area contributed by atoms with Gasteiger partial charge in [-0.05, 0) is 54.2 Å². The maximum atomic E-state index is 12.8. The van der Waals surface area contributed by atoms with E-state index in [-0.39, 0.29) is 5.57 Å². The molecule has 0 bridgehead atoms. The van der Waals surface area contributed by atoms with E-state index in [1.807, 2.05) is 18.2 Å². The minimum atomic E-state index is -0.788. The first-order valence-electron chi connectivity index (χ1n) is 8.27. The zero-order chi connectivity index (χ0) is 19.5. The fraction of sp³-hybridized carbons (Fsp3) is 0. The summed E-state index contributed by atoms with van der Waals surface area (Å²) in [5.74, 6) is -1.16. The molecule has 28 heavy (non-hydrogen) atoms. The van der Waals surface area contributed by atoms with E-state index >= 15 is 0 Å². The van der Waals surface area contributed by atoms with Crippen LogP contribution in [0.15, 0.2) is 87.0 Å². The Morgan fingerprint density at radius 2 is 1.75 bits per heavy atom. The molecule has 1 aliphatic rings. The normalized spacial score (nSPS) is 15.8. The third-order valence-electron chi connectivity index (χ3n) is 3.85. The lowest BCUT2D eigenvalue weighted by atomic mass is 10.1. The molecule has 3 aromatic rings. The van der Waals surface area contributed by atoms with E-state index in [2.05, 4.69) is 10.3 Å². The van der Waals surface area contributed by atoms with Crippen LogP contribution in [0.25, 0.3) is 6.08 Å². The van der Waals surface area contributed by atoms with Crippen molar-refractivity contribution in [2.75, 3.05) is 4.90 Å². The third kappa shape index (κ3) is 3.58. The summed E-state index contributed by atoms with van der Waals surface area (Å²) in [6.45, 7) is 0. The maximum Gasteiger partial charge on any atom is 0.335 e. The Labute approximate surface area is 164 Å². The molecule has 3 heterocycles. The van der Waals surface area contributed by atoms with Crippen LogP contribution in [0.5, 0.6) is 0 Å². The fourth-order valence-electron chi connectivity index (χ4n) is 2.59. The Balaban J connectivity index is 1.60. The first kappa shape index (κ1) is 17.7. The number of rotatable bonds is 4. The topological polar surface area (TPSA) is 92.5 Å². The number of aromatic nitrogens is 1. The molecular weight excluding hydrogens is 378 g/mol. The van der Waals surface area contributed by atoms with Crippen LogP contribution in [0.2, 0.25) is 0 Å². The lowest BCUT2D eigenvalue weighted by molar-refractivity contribution is -0.122. The van der Waals surface area contributed by atoms with Gasteiger partial charge in [0.25, 0.3) is 11.8 Å². The van der Waals surface area contributed by atoms with Gasteiger partial charge in [0.05, 0.1) is 5.69 Å². The van der Waals surface area contributed by atoms with Gasteiger partial charge < -0.3 is 4.42 Å². The molecule has 0 atom stereocenters. The predicted octanol–water partition coefficient (Wildman–Crippen LogP) is 3.49. The lowest BCUT2D eigenvalue weighted by Crippen LogP contribution is -2.54. The van der Waals surface area contributed by atoms with Gasteiger partial charge in [0.15, 0.2) is 5.09 Å². The molecule has 2 aromatic heterocycles. The van der Waals surface area contributed by atoms with Crippen LogP contribution in [-0.2, 0) is 9.59 Å². The highest BCUT2D eigenvalue weighted by atomic mass is 32.2.